The number of aromatic nitrogens is 1. The lowest BCUT2D eigenvalue weighted by Gasteiger charge is -2.16. The molecule has 0 spiro atoms. The summed E-state index contributed by atoms with van der Waals surface area (Å²) in [6, 6.07) is 12.8. The van der Waals surface area contributed by atoms with Crippen molar-refractivity contribution in [3.8, 4) is 0 Å². The highest BCUT2D eigenvalue weighted by atomic mass is 19.1. The molecule has 0 unspecified atom stereocenters. The minimum atomic E-state index is -0.416. The summed E-state index contributed by atoms with van der Waals surface area (Å²) < 4.78 is 13.5. The van der Waals surface area contributed by atoms with Crippen LogP contribution in [0.3, 0.4) is 0 Å². The molecule has 0 bridgehead atoms. The summed E-state index contributed by atoms with van der Waals surface area (Å²) in [7, 11) is 1.90. The number of likely N-dealkylation sites (tertiary alicyclic amines) is 1. The average Bonchev–Trinajstić information content (AvgIpc) is 3.29. The van der Waals surface area contributed by atoms with Crippen molar-refractivity contribution in [2.24, 2.45) is 15.9 Å². The molecule has 4 N–H and O–H groups in total. The lowest BCUT2D eigenvalue weighted by Crippen LogP contribution is -2.33. The largest absolute Gasteiger partial charge is 0.337 e. The molecular formula is C23H23FN6O2. The van der Waals surface area contributed by atoms with Crippen LogP contribution in [0.1, 0.15) is 22.3 Å². The minimum absolute atomic E-state index is 0.0163. The Morgan fingerprint density at radius 1 is 1.25 bits per heavy atom. The normalized spacial score (nSPS) is 16.9. The van der Waals surface area contributed by atoms with Crippen LogP contribution in [0.2, 0.25) is 0 Å². The van der Waals surface area contributed by atoms with Crippen LogP contribution in [0.15, 0.2) is 63.4 Å². The third-order valence-electron chi connectivity index (χ3n) is 5.56. The number of halogens is 1. The van der Waals surface area contributed by atoms with Gasteiger partial charge in [0.15, 0.2) is 0 Å². The Balaban J connectivity index is 1.52. The van der Waals surface area contributed by atoms with Gasteiger partial charge in [0.2, 0.25) is 0 Å². The Labute approximate surface area is 183 Å². The van der Waals surface area contributed by atoms with E-state index in [9.17, 15) is 14.0 Å². The zero-order chi connectivity index (χ0) is 22.7. The van der Waals surface area contributed by atoms with Crippen molar-refractivity contribution >= 4 is 34.4 Å². The second kappa shape index (κ2) is 9.11. The maximum Gasteiger partial charge on any atom is 0.258 e. The molecule has 1 aromatic heterocycles. The van der Waals surface area contributed by atoms with Crippen molar-refractivity contribution in [1.82, 2.24) is 15.2 Å². The maximum absolute atomic E-state index is 13.5. The van der Waals surface area contributed by atoms with Crippen LogP contribution in [-0.4, -0.2) is 53.9 Å². The van der Waals surface area contributed by atoms with Crippen molar-refractivity contribution in [2.75, 3.05) is 20.1 Å². The molecule has 0 radical (unpaired) electrons. The molecule has 9 heteroatoms. The van der Waals surface area contributed by atoms with E-state index >= 15 is 0 Å². The minimum Gasteiger partial charge on any atom is -0.337 e. The van der Waals surface area contributed by atoms with Gasteiger partial charge in [-0.15, -0.1) is 0 Å². The topological polar surface area (TPSA) is 116 Å². The molecule has 1 atom stereocenters. The number of carbonyl (C=O) groups excluding carboxylic acids is 1. The first kappa shape index (κ1) is 21.4. The number of hydrogen-bond donors (Lipinski definition) is 3. The van der Waals surface area contributed by atoms with E-state index in [2.05, 4.69) is 20.4 Å². The van der Waals surface area contributed by atoms with Gasteiger partial charge >= 0.3 is 0 Å². The van der Waals surface area contributed by atoms with Crippen molar-refractivity contribution in [3.05, 3.63) is 75.8 Å². The van der Waals surface area contributed by atoms with Crippen molar-refractivity contribution in [3.63, 3.8) is 0 Å². The Hall–Kier alpha value is -3.85. The van der Waals surface area contributed by atoms with Crippen LogP contribution in [0.4, 0.5) is 10.1 Å². The van der Waals surface area contributed by atoms with E-state index in [0.717, 1.165) is 13.0 Å². The molecular weight excluding hydrogens is 411 g/mol. The SMILES string of the molecule is CN[C@@H]1CCN(C(=O)c2ccc(N=CC(=NN)c3cc4cc(F)ccc4[nH]c3=O)cc2)C1. The van der Waals surface area contributed by atoms with Crippen LogP contribution < -0.4 is 16.7 Å². The molecule has 164 valence electrons. The van der Waals surface area contributed by atoms with Gasteiger partial charge < -0.3 is 21.0 Å². The molecule has 2 heterocycles. The predicted octanol–water partition coefficient (Wildman–Crippen LogP) is 2.17. The summed E-state index contributed by atoms with van der Waals surface area (Å²) >= 11 is 0. The van der Waals surface area contributed by atoms with Crippen LogP contribution in [0.25, 0.3) is 10.9 Å². The molecule has 1 amide bonds. The number of hydrogen-bond acceptors (Lipinski definition) is 6. The van der Waals surface area contributed by atoms with E-state index in [1.54, 1.807) is 24.3 Å². The highest BCUT2D eigenvalue weighted by molar-refractivity contribution is 6.38. The number of nitrogens with two attached hydrogens (primary N) is 1. The van der Waals surface area contributed by atoms with E-state index in [1.807, 2.05) is 11.9 Å². The van der Waals surface area contributed by atoms with Gasteiger partial charge in [0.25, 0.3) is 11.5 Å². The number of aliphatic imine (C=N–C) groups is 1. The number of nitrogens with zero attached hydrogens (tertiary/aromatic N) is 3. The lowest BCUT2D eigenvalue weighted by atomic mass is 10.1. The third-order valence-corrected chi connectivity index (χ3v) is 5.56. The summed E-state index contributed by atoms with van der Waals surface area (Å²) in [6.45, 7) is 1.42. The zero-order valence-electron chi connectivity index (χ0n) is 17.5. The first-order chi connectivity index (χ1) is 15.5. The summed E-state index contributed by atoms with van der Waals surface area (Å²) in [5.74, 6) is 5.05. The fourth-order valence-electron chi connectivity index (χ4n) is 3.73. The van der Waals surface area contributed by atoms with Gasteiger partial charge in [-0.2, -0.15) is 5.10 Å². The highest BCUT2D eigenvalue weighted by Gasteiger charge is 2.25. The van der Waals surface area contributed by atoms with Crippen LogP contribution in [0.5, 0.6) is 0 Å². The van der Waals surface area contributed by atoms with Gasteiger partial charge in [-0.25, -0.2) is 4.39 Å². The summed E-state index contributed by atoms with van der Waals surface area (Å²) in [5.41, 5.74) is 1.57. The molecule has 8 nitrogen and oxygen atoms in total. The number of carbonyl (C=O) groups is 1. The van der Waals surface area contributed by atoms with Gasteiger partial charge in [0.05, 0.1) is 17.5 Å². The quantitative estimate of drug-likeness (QED) is 0.324. The Morgan fingerprint density at radius 3 is 2.72 bits per heavy atom. The Bertz CT molecular complexity index is 1270. The van der Waals surface area contributed by atoms with Gasteiger partial charge in [-0.3, -0.25) is 14.6 Å². The zero-order valence-corrected chi connectivity index (χ0v) is 17.5. The standard InChI is InChI=1S/C23H23FN6O2/c1-26-18-8-9-30(13-18)23(32)14-2-5-17(6-3-14)27-12-21(29-25)19-11-15-10-16(24)4-7-20(15)28-22(19)31/h2-7,10-12,18,26H,8-9,13,25H2,1H3,(H,28,31)/t18-/m1/s1. The number of amides is 1. The summed E-state index contributed by atoms with van der Waals surface area (Å²) in [5, 5.41) is 7.37. The van der Waals surface area contributed by atoms with E-state index in [1.165, 1.54) is 30.5 Å². The third kappa shape index (κ3) is 4.42. The molecule has 3 aromatic rings. The maximum atomic E-state index is 13.5. The molecule has 1 aliphatic heterocycles. The van der Waals surface area contributed by atoms with E-state index in [4.69, 9.17) is 5.84 Å². The predicted molar refractivity (Wildman–Crippen MR) is 123 cm³/mol. The van der Waals surface area contributed by atoms with E-state index in [-0.39, 0.29) is 17.2 Å². The van der Waals surface area contributed by atoms with Crippen LogP contribution in [0, 0.1) is 5.82 Å². The van der Waals surface area contributed by atoms with Crippen molar-refractivity contribution in [1.29, 1.82) is 0 Å². The molecule has 0 saturated carbocycles. The van der Waals surface area contributed by atoms with Crippen molar-refractivity contribution < 1.29 is 9.18 Å². The number of rotatable bonds is 5. The number of hydrazone groups is 1. The van der Waals surface area contributed by atoms with E-state index < -0.39 is 11.4 Å². The second-order valence-corrected chi connectivity index (χ2v) is 7.59. The Morgan fingerprint density at radius 2 is 2.03 bits per heavy atom. The molecule has 4 rings (SSSR count). The van der Waals surface area contributed by atoms with Crippen LogP contribution in [-0.2, 0) is 0 Å². The van der Waals surface area contributed by atoms with E-state index in [0.29, 0.717) is 34.7 Å². The molecule has 32 heavy (non-hydrogen) atoms. The molecule has 1 fully saturated rings. The van der Waals surface area contributed by atoms with Crippen molar-refractivity contribution in [2.45, 2.75) is 12.5 Å². The van der Waals surface area contributed by atoms with Crippen LogP contribution >= 0.6 is 0 Å². The number of pyridine rings is 1. The molecule has 0 aliphatic carbocycles. The number of benzene rings is 2. The van der Waals surface area contributed by atoms with Gasteiger partial charge in [-0.05, 0) is 62.0 Å². The average molecular weight is 434 g/mol. The second-order valence-electron chi connectivity index (χ2n) is 7.59. The van der Waals surface area contributed by atoms with Gasteiger partial charge in [0, 0.05) is 35.6 Å². The fraction of sp³-hybridized carbons (Fsp3) is 0.217. The lowest BCUT2D eigenvalue weighted by molar-refractivity contribution is 0.0789. The number of H-pyrrole nitrogens is 1. The molecule has 2 aromatic carbocycles. The number of fused-ring (bicyclic) bond motifs is 1. The smallest absolute Gasteiger partial charge is 0.258 e. The first-order valence-electron chi connectivity index (χ1n) is 10.2. The van der Waals surface area contributed by atoms with Gasteiger partial charge in [0.1, 0.15) is 11.5 Å². The number of nitrogens with one attached hydrogen (secondary N) is 2. The summed E-state index contributed by atoms with van der Waals surface area (Å²) in [4.78, 5) is 33.9. The highest BCUT2D eigenvalue weighted by Crippen LogP contribution is 2.18. The van der Waals surface area contributed by atoms with Gasteiger partial charge in [-0.1, -0.05) is 0 Å². The fourth-order valence-corrected chi connectivity index (χ4v) is 3.73. The number of aromatic amines is 1. The monoisotopic (exact) mass is 434 g/mol. The molecule has 1 aliphatic rings. The Kier molecular flexibility index (Phi) is 6.09. The number of likely N-dealkylation sites (N-methyl/N-ethyl adjacent to an activating group) is 1. The molecule has 1 saturated heterocycles. The summed E-state index contributed by atoms with van der Waals surface area (Å²) in [6.07, 6.45) is 2.30. The first-order valence-corrected chi connectivity index (χ1v) is 10.2.